The van der Waals surface area contributed by atoms with E-state index < -0.39 is 31.5 Å². The molecule has 2 heterocycles. The minimum Gasteiger partial charge on any atom is -0.379 e. The summed E-state index contributed by atoms with van der Waals surface area (Å²) in [6, 6.07) is 13.1. The first-order chi connectivity index (χ1) is 16.6. The first kappa shape index (κ1) is 26.1. The van der Waals surface area contributed by atoms with E-state index in [9.17, 15) is 21.6 Å². The molecule has 186 valence electrons. The average molecular weight is 576 g/mol. The normalized spacial score (nSPS) is 15.1. The van der Waals surface area contributed by atoms with Gasteiger partial charge in [-0.3, -0.25) is 4.79 Å². The van der Waals surface area contributed by atoms with Gasteiger partial charge in [-0.1, -0.05) is 29.3 Å². The van der Waals surface area contributed by atoms with E-state index in [1.54, 1.807) is 0 Å². The lowest BCUT2D eigenvalue weighted by Crippen LogP contribution is -2.40. The highest BCUT2D eigenvalue weighted by Crippen LogP contribution is 2.30. The molecule has 1 N–H and O–H groups in total. The lowest BCUT2D eigenvalue weighted by atomic mass is 10.1. The van der Waals surface area contributed by atoms with Crippen molar-refractivity contribution in [2.24, 2.45) is 0 Å². The number of ether oxygens (including phenoxy) is 1. The van der Waals surface area contributed by atoms with Gasteiger partial charge in [0.2, 0.25) is 10.0 Å². The molecule has 0 aliphatic carbocycles. The van der Waals surface area contributed by atoms with Gasteiger partial charge in [0.1, 0.15) is 4.21 Å². The van der Waals surface area contributed by atoms with Crippen molar-refractivity contribution in [2.75, 3.05) is 31.6 Å². The molecular weight excluding hydrogens is 555 g/mol. The lowest BCUT2D eigenvalue weighted by molar-refractivity contribution is 0.0730. The first-order valence-electron chi connectivity index (χ1n) is 10.3. The van der Waals surface area contributed by atoms with Crippen LogP contribution in [0.5, 0.6) is 0 Å². The number of hydrogen-bond donors (Lipinski definition) is 1. The Hall–Kier alpha value is -1.99. The molecule has 0 unspecified atom stereocenters. The van der Waals surface area contributed by atoms with Gasteiger partial charge in [-0.25, -0.2) is 16.8 Å². The number of nitrogens with one attached hydrogen (secondary N) is 1. The van der Waals surface area contributed by atoms with Crippen molar-refractivity contribution in [1.29, 1.82) is 0 Å². The number of carbonyl (C=O) groups excluding carboxylic acids is 1. The minimum absolute atomic E-state index is 0.0914. The number of amides is 1. The van der Waals surface area contributed by atoms with E-state index >= 15 is 0 Å². The number of nitrogens with zero attached hydrogens (tertiary/aromatic N) is 1. The van der Waals surface area contributed by atoms with Crippen LogP contribution in [0, 0.1) is 0 Å². The highest BCUT2D eigenvalue weighted by atomic mass is 35.5. The van der Waals surface area contributed by atoms with Gasteiger partial charge in [0, 0.05) is 29.4 Å². The zero-order valence-corrected chi connectivity index (χ0v) is 22.1. The van der Waals surface area contributed by atoms with E-state index in [0.29, 0.717) is 23.2 Å². The van der Waals surface area contributed by atoms with Crippen LogP contribution in [0.1, 0.15) is 15.9 Å². The summed E-state index contributed by atoms with van der Waals surface area (Å²) in [7, 11) is -7.40. The van der Waals surface area contributed by atoms with Gasteiger partial charge in [0.05, 0.1) is 28.2 Å². The zero-order valence-electron chi connectivity index (χ0n) is 18.1. The summed E-state index contributed by atoms with van der Waals surface area (Å²) in [6.07, 6.45) is 0. The Morgan fingerprint density at radius 1 is 0.971 bits per heavy atom. The summed E-state index contributed by atoms with van der Waals surface area (Å²) in [5.74, 6) is -0.994. The average Bonchev–Trinajstić information content (AvgIpc) is 3.28. The van der Waals surface area contributed by atoms with Crippen LogP contribution in [0.2, 0.25) is 9.36 Å². The number of rotatable bonds is 7. The third kappa shape index (κ3) is 6.05. The molecular formula is C22H20Cl2N2O6S3. The Balaban J connectivity index is 1.53. The Kier molecular flexibility index (Phi) is 7.86. The third-order valence-corrected chi connectivity index (χ3v) is 10.9. The molecule has 0 saturated carbocycles. The van der Waals surface area contributed by atoms with Crippen LogP contribution in [0.4, 0.5) is 5.69 Å². The van der Waals surface area contributed by atoms with Crippen molar-refractivity contribution in [2.45, 2.75) is 14.9 Å². The van der Waals surface area contributed by atoms with Gasteiger partial charge in [0.25, 0.3) is 5.91 Å². The molecule has 4 rings (SSSR count). The summed E-state index contributed by atoms with van der Waals surface area (Å²) in [5, 5.41) is 2.94. The summed E-state index contributed by atoms with van der Waals surface area (Å²) in [4.78, 5) is 13.1. The maximum absolute atomic E-state index is 13.0. The number of anilines is 1. The lowest BCUT2D eigenvalue weighted by Gasteiger charge is -2.26. The number of benzene rings is 2. The summed E-state index contributed by atoms with van der Waals surface area (Å²) >= 11 is 12.9. The molecule has 1 aromatic heterocycles. The van der Waals surface area contributed by atoms with Gasteiger partial charge < -0.3 is 10.1 Å². The monoisotopic (exact) mass is 574 g/mol. The van der Waals surface area contributed by atoms with Crippen LogP contribution in [-0.2, 0) is 30.4 Å². The predicted molar refractivity (Wildman–Crippen MR) is 136 cm³/mol. The SMILES string of the molecule is O=C(Nc1ccc(S(=O)(=O)N2CCOCC2)cc1)c1cc(Cl)ccc1CS(=O)(=O)c1ccc(Cl)s1. The number of sulfonamides is 1. The van der Waals surface area contributed by atoms with Gasteiger partial charge >= 0.3 is 0 Å². The van der Waals surface area contributed by atoms with Crippen molar-refractivity contribution in [3.05, 3.63) is 75.1 Å². The van der Waals surface area contributed by atoms with Crippen LogP contribution < -0.4 is 5.32 Å². The smallest absolute Gasteiger partial charge is 0.256 e. The van der Waals surface area contributed by atoms with Crippen molar-refractivity contribution >= 4 is 66.0 Å². The standard InChI is InChI=1S/C22H20Cl2N2O6S3/c23-16-2-1-15(14-34(28,29)21-8-7-20(24)33-21)19(13-16)22(27)25-17-3-5-18(6-4-17)35(30,31)26-9-11-32-12-10-26/h1-8,13H,9-12,14H2,(H,25,27). The molecule has 0 spiro atoms. The van der Waals surface area contributed by atoms with E-state index in [0.717, 1.165) is 11.3 Å². The van der Waals surface area contributed by atoms with Crippen LogP contribution in [0.25, 0.3) is 0 Å². The van der Waals surface area contributed by atoms with E-state index in [2.05, 4.69) is 5.32 Å². The highest BCUT2D eigenvalue weighted by molar-refractivity contribution is 7.92. The number of thiophene rings is 1. The molecule has 1 fully saturated rings. The molecule has 13 heteroatoms. The molecule has 2 aromatic carbocycles. The topological polar surface area (TPSA) is 110 Å². The molecule has 1 aliphatic heterocycles. The quantitative estimate of drug-likeness (QED) is 0.450. The van der Waals surface area contributed by atoms with Crippen molar-refractivity contribution in [1.82, 2.24) is 4.31 Å². The highest BCUT2D eigenvalue weighted by Gasteiger charge is 2.26. The van der Waals surface area contributed by atoms with Crippen LogP contribution in [0.3, 0.4) is 0 Å². The van der Waals surface area contributed by atoms with E-state index in [-0.39, 0.29) is 38.3 Å². The molecule has 8 nitrogen and oxygen atoms in total. The van der Waals surface area contributed by atoms with Gasteiger partial charge in [-0.05, 0) is 54.1 Å². The molecule has 1 aliphatic rings. The Morgan fingerprint density at radius 2 is 1.66 bits per heavy atom. The first-order valence-corrected chi connectivity index (χ1v) is 15.0. The molecule has 0 bridgehead atoms. The Bertz CT molecular complexity index is 1450. The second-order valence-corrected chi connectivity index (χ2v) is 13.9. The largest absolute Gasteiger partial charge is 0.379 e. The number of halogens is 2. The number of hydrogen-bond acceptors (Lipinski definition) is 7. The van der Waals surface area contributed by atoms with Gasteiger partial charge in [-0.2, -0.15) is 4.31 Å². The summed E-state index contributed by atoms with van der Waals surface area (Å²) in [6.45, 7) is 1.23. The fourth-order valence-electron chi connectivity index (χ4n) is 3.47. The summed E-state index contributed by atoms with van der Waals surface area (Å²) < 4.78 is 58.2. The van der Waals surface area contributed by atoms with Gasteiger partial charge in [0.15, 0.2) is 9.84 Å². The zero-order chi connectivity index (χ0) is 25.2. The van der Waals surface area contributed by atoms with E-state index in [1.165, 1.54) is 58.9 Å². The van der Waals surface area contributed by atoms with Crippen molar-refractivity contribution in [3.8, 4) is 0 Å². The number of morpholine rings is 1. The second-order valence-electron chi connectivity index (χ2n) is 7.61. The fraction of sp³-hybridized carbons (Fsp3) is 0.227. The summed E-state index contributed by atoms with van der Waals surface area (Å²) in [5.41, 5.74) is 0.700. The van der Waals surface area contributed by atoms with Crippen LogP contribution >= 0.6 is 34.5 Å². The van der Waals surface area contributed by atoms with Crippen molar-refractivity contribution in [3.63, 3.8) is 0 Å². The van der Waals surface area contributed by atoms with E-state index in [4.69, 9.17) is 27.9 Å². The van der Waals surface area contributed by atoms with Crippen LogP contribution in [0.15, 0.2) is 63.7 Å². The molecule has 1 amide bonds. The number of carbonyl (C=O) groups is 1. The molecule has 0 radical (unpaired) electrons. The maximum Gasteiger partial charge on any atom is 0.256 e. The van der Waals surface area contributed by atoms with Gasteiger partial charge in [-0.15, -0.1) is 11.3 Å². The van der Waals surface area contributed by atoms with Crippen molar-refractivity contribution < 1.29 is 26.4 Å². The third-order valence-electron chi connectivity index (χ3n) is 5.24. The maximum atomic E-state index is 13.0. The number of sulfone groups is 1. The fourth-order valence-corrected chi connectivity index (χ4v) is 8.00. The second kappa shape index (κ2) is 10.6. The minimum atomic E-state index is -3.74. The Labute approximate surface area is 217 Å². The molecule has 3 aromatic rings. The molecule has 35 heavy (non-hydrogen) atoms. The molecule has 0 atom stereocenters. The molecule has 1 saturated heterocycles. The predicted octanol–water partition coefficient (Wildman–Crippen LogP) is 4.30. The van der Waals surface area contributed by atoms with E-state index in [1.807, 2.05) is 0 Å². The van der Waals surface area contributed by atoms with Crippen LogP contribution in [-0.4, -0.2) is 53.4 Å². The Morgan fingerprint density at radius 3 is 2.29 bits per heavy atom.